The largest absolute Gasteiger partial charge is 0.296 e. The molecule has 1 atom stereocenters. The highest BCUT2D eigenvalue weighted by Gasteiger charge is 2.39. The molecule has 2 aromatic heterocycles. The molecular weight excluding hydrogens is 330 g/mol. The van der Waals surface area contributed by atoms with Crippen LogP contribution < -0.4 is 5.56 Å². The van der Waals surface area contributed by atoms with Crippen LogP contribution in [0.25, 0.3) is 4.96 Å². The second-order valence-electron chi connectivity index (χ2n) is 5.43. The van der Waals surface area contributed by atoms with Crippen molar-refractivity contribution in [3.05, 3.63) is 56.4 Å². The molecule has 0 saturated heterocycles. The van der Waals surface area contributed by atoms with Crippen LogP contribution in [0.5, 0.6) is 0 Å². The zero-order chi connectivity index (χ0) is 17.0. The number of imide groups is 1. The Morgan fingerprint density at radius 3 is 2.29 bits per heavy atom. The normalized spacial score (nSPS) is 15.2. The summed E-state index contributed by atoms with van der Waals surface area (Å²) in [5.41, 5.74) is 0.626. The molecule has 24 heavy (non-hydrogen) atoms. The van der Waals surface area contributed by atoms with Crippen LogP contribution in [0.2, 0.25) is 0 Å². The number of benzene rings is 1. The molecule has 0 N–H and O–H groups in total. The van der Waals surface area contributed by atoms with E-state index in [0.29, 0.717) is 21.1 Å². The number of aromatic nitrogens is 4. The fraction of sp³-hybridized carbons (Fsp3) is 0.200. The fourth-order valence-electron chi connectivity index (χ4n) is 2.65. The standard InChI is InChI=1S/C15H11N5O3S/c1-7-12(21)20-15(17-16-7)24-11(18-20)8(2)19-13(22)9-5-3-4-6-10(9)14(19)23/h3-6,8H,1-2H3. The van der Waals surface area contributed by atoms with E-state index in [1.54, 1.807) is 38.1 Å². The molecule has 3 heterocycles. The monoisotopic (exact) mass is 341 g/mol. The summed E-state index contributed by atoms with van der Waals surface area (Å²) in [5.74, 6) is -0.728. The van der Waals surface area contributed by atoms with E-state index < -0.39 is 6.04 Å². The summed E-state index contributed by atoms with van der Waals surface area (Å²) in [6.07, 6.45) is 0. The molecule has 0 aliphatic carbocycles. The maximum absolute atomic E-state index is 12.5. The Hall–Kier alpha value is -2.94. The van der Waals surface area contributed by atoms with Gasteiger partial charge in [0.05, 0.1) is 17.2 Å². The smallest absolute Gasteiger partial charge is 0.269 e. The van der Waals surface area contributed by atoms with Gasteiger partial charge in [-0.3, -0.25) is 19.3 Å². The summed E-state index contributed by atoms with van der Waals surface area (Å²) in [4.78, 5) is 38.6. The number of hydrogen-bond donors (Lipinski definition) is 0. The fourth-order valence-corrected chi connectivity index (χ4v) is 3.52. The molecule has 1 unspecified atom stereocenters. The summed E-state index contributed by atoms with van der Waals surface area (Å²) in [6, 6.07) is 6.07. The third-order valence-electron chi connectivity index (χ3n) is 3.93. The van der Waals surface area contributed by atoms with Gasteiger partial charge in [0.2, 0.25) is 4.96 Å². The first kappa shape index (κ1) is 14.6. The first-order valence-electron chi connectivity index (χ1n) is 7.19. The van der Waals surface area contributed by atoms with Crippen molar-refractivity contribution in [3.63, 3.8) is 0 Å². The minimum atomic E-state index is -0.608. The molecule has 1 aromatic carbocycles. The average Bonchev–Trinajstić information content (AvgIpc) is 3.12. The van der Waals surface area contributed by atoms with Crippen molar-refractivity contribution in [1.82, 2.24) is 24.7 Å². The molecule has 0 radical (unpaired) electrons. The van der Waals surface area contributed by atoms with Crippen LogP contribution in [0.3, 0.4) is 0 Å². The Kier molecular flexibility index (Phi) is 3.07. The lowest BCUT2D eigenvalue weighted by Gasteiger charge is -2.19. The van der Waals surface area contributed by atoms with Gasteiger partial charge in [0, 0.05) is 0 Å². The van der Waals surface area contributed by atoms with Crippen LogP contribution in [0, 0.1) is 6.92 Å². The predicted octanol–water partition coefficient (Wildman–Crippen LogP) is 1.21. The third-order valence-corrected chi connectivity index (χ3v) is 5.00. The molecule has 0 spiro atoms. The van der Waals surface area contributed by atoms with Gasteiger partial charge in [-0.2, -0.15) is 9.61 Å². The topological polar surface area (TPSA) is 97.5 Å². The first-order valence-corrected chi connectivity index (χ1v) is 8.00. The number of amides is 2. The third kappa shape index (κ3) is 1.91. The Labute approximate surface area is 139 Å². The summed E-state index contributed by atoms with van der Waals surface area (Å²) < 4.78 is 1.15. The van der Waals surface area contributed by atoms with Gasteiger partial charge in [0.25, 0.3) is 17.4 Å². The van der Waals surface area contributed by atoms with Gasteiger partial charge in [-0.15, -0.1) is 10.2 Å². The van der Waals surface area contributed by atoms with Gasteiger partial charge in [-0.25, -0.2) is 0 Å². The highest BCUT2D eigenvalue weighted by Crippen LogP contribution is 2.32. The minimum absolute atomic E-state index is 0.234. The van der Waals surface area contributed by atoms with Crippen molar-refractivity contribution >= 4 is 28.1 Å². The predicted molar refractivity (Wildman–Crippen MR) is 85.0 cm³/mol. The second kappa shape index (κ2) is 5.03. The molecule has 8 nitrogen and oxygen atoms in total. The van der Waals surface area contributed by atoms with Crippen LogP contribution in [-0.2, 0) is 0 Å². The number of rotatable bonds is 2. The summed E-state index contributed by atoms with van der Waals surface area (Å²) >= 11 is 1.13. The van der Waals surface area contributed by atoms with Crippen molar-refractivity contribution in [1.29, 1.82) is 0 Å². The molecule has 0 saturated carbocycles. The SMILES string of the molecule is Cc1nnc2sc(C(C)N3C(=O)c4ccccc4C3=O)nn2c1=O. The second-order valence-corrected chi connectivity index (χ2v) is 6.41. The van der Waals surface area contributed by atoms with Gasteiger partial charge in [0.1, 0.15) is 10.7 Å². The molecule has 3 aromatic rings. The maximum atomic E-state index is 12.5. The average molecular weight is 341 g/mol. The van der Waals surface area contributed by atoms with Gasteiger partial charge < -0.3 is 0 Å². The first-order chi connectivity index (χ1) is 11.5. The van der Waals surface area contributed by atoms with E-state index in [2.05, 4.69) is 15.3 Å². The molecule has 9 heteroatoms. The van der Waals surface area contributed by atoms with E-state index in [4.69, 9.17) is 0 Å². The van der Waals surface area contributed by atoms with Crippen molar-refractivity contribution in [2.75, 3.05) is 0 Å². The number of fused-ring (bicyclic) bond motifs is 2. The van der Waals surface area contributed by atoms with Gasteiger partial charge in [-0.05, 0) is 26.0 Å². The lowest BCUT2D eigenvalue weighted by atomic mass is 10.1. The van der Waals surface area contributed by atoms with E-state index in [9.17, 15) is 14.4 Å². The minimum Gasteiger partial charge on any atom is -0.269 e. The van der Waals surface area contributed by atoms with E-state index in [-0.39, 0.29) is 23.1 Å². The van der Waals surface area contributed by atoms with Crippen LogP contribution in [-0.4, -0.2) is 36.5 Å². The highest BCUT2D eigenvalue weighted by molar-refractivity contribution is 7.16. The number of hydrogen-bond acceptors (Lipinski definition) is 7. The van der Waals surface area contributed by atoms with Crippen LogP contribution in [0.15, 0.2) is 29.1 Å². The van der Waals surface area contributed by atoms with Gasteiger partial charge in [0.15, 0.2) is 0 Å². The molecule has 1 aliphatic rings. The van der Waals surface area contributed by atoms with Crippen LogP contribution in [0.4, 0.5) is 0 Å². The van der Waals surface area contributed by atoms with E-state index in [1.165, 1.54) is 0 Å². The molecule has 1 aliphatic heterocycles. The molecule has 120 valence electrons. The summed E-state index contributed by atoms with van der Waals surface area (Å²) in [7, 11) is 0. The van der Waals surface area contributed by atoms with E-state index in [1.807, 2.05) is 0 Å². The van der Waals surface area contributed by atoms with Crippen LogP contribution >= 0.6 is 11.3 Å². The Balaban J connectivity index is 1.79. The Morgan fingerprint density at radius 1 is 1.04 bits per heavy atom. The zero-order valence-corrected chi connectivity index (χ0v) is 13.6. The summed E-state index contributed by atoms with van der Waals surface area (Å²) in [5, 5.41) is 12.4. The number of carbonyl (C=O) groups excluding carboxylic acids is 2. The van der Waals surface area contributed by atoms with Crippen molar-refractivity contribution in [2.45, 2.75) is 19.9 Å². The highest BCUT2D eigenvalue weighted by atomic mass is 32.1. The molecule has 2 amide bonds. The zero-order valence-electron chi connectivity index (χ0n) is 12.8. The van der Waals surface area contributed by atoms with E-state index >= 15 is 0 Å². The van der Waals surface area contributed by atoms with E-state index in [0.717, 1.165) is 20.8 Å². The number of aryl methyl sites for hydroxylation is 1. The molecular formula is C15H11N5O3S. The van der Waals surface area contributed by atoms with Crippen molar-refractivity contribution in [3.8, 4) is 0 Å². The Morgan fingerprint density at radius 2 is 1.67 bits per heavy atom. The maximum Gasteiger partial charge on any atom is 0.296 e. The van der Waals surface area contributed by atoms with Gasteiger partial charge in [-0.1, -0.05) is 23.5 Å². The lowest BCUT2D eigenvalue weighted by molar-refractivity contribution is 0.0594. The lowest BCUT2D eigenvalue weighted by Crippen LogP contribution is -2.32. The van der Waals surface area contributed by atoms with Crippen molar-refractivity contribution in [2.24, 2.45) is 0 Å². The Bertz CT molecular complexity index is 1040. The summed E-state index contributed by atoms with van der Waals surface area (Å²) in [6.45, 7) is 3.25. The van der Waals surface area contributed by atoms with Crippen LogP contribution in [0.1, 0.15) is 44.4 Å². The molecule has 0 bridgehead atoms. The number of nitrogens with zero attached hydrogens (tertiary/aromatic N) is 5. The molecule has 0 fully saturated rings. The van der Waals surface area contributed by atoms with Gasteiger partial charge >= 0.3 is 0 Å². The quantitative estimate of drug-likeness (QED) is 0.650. The van der Waals surface area contributed by atoms with Crippen molar-refractivity contribution < 1.29 is 9.59 Å². The number of carbonyl (C=O) groups is 2. The molecule has 4 rings (SSSR count).